The Labute approximate surface area is 193 Å². The van der Waals surface area contributed by atoms with Crippen LogP contribution in [0.25, 0.3) is 0 Å². The number of rotatable bonds is 8. The minimum absolute atomic E-state index is 0.00773. The van der Waals surface area contributed by atoms with Crippen LogP contribution in [-0.4, -0.2) is 59.5 Å². The second-order valence-electron chi connectivity index (χ2n) is 7.67. The van der Waals surface area contributed by atoms with Gasteiger partial charge in [0.15, 0.2) is 0 Å². The minimum atomic E-state index is -3.91. The molecule has 1 amide bonds. The van der Waals surface area contributed by atoms with Crippen molar-refractivity contribution in [2.75, 3.05) is 36.1 Å². The first-order valence-electron chi connectivity index (χ1n) is 10.2. The van der Waals surface area contributed by atoms with Gasteiger partial charge >= 0.3 is 0 Å². The maximum Gasteiger partial charge on any atom is 0.248 e. The molecule has 3 rings (SSSR count). The van der Waals surface area contributed by atoms with Crippen LogP contribution in [0.2, 0.25) is 0 Å². The monoisotopic (exact) mass is 499 g/mol. The van der Waals surface area contributed by atoms with Gasteiger partial charge in [0.2, 0.25) is 26.0 Å². The largest absolute Gasteiger partial charge is 0.495 e. The van der Waals surface area contributed by atoms with Crippen molar-refractivity contribution in [3.05, 3.63) is 48.3 Å². The number of carbonyl (C=O) groups is 1. The molecule has 33 heavy (non-hydrogen) atoms. The molecule has 9 nitrogen and oxygen atoms in total. The molecular formula is C21H26FN3O6S2. The summed E-state index contributed by atoms with van der Waals surface area (Å²) in [7, 11) is -6.29. The summed E-state index contributed by atoms with van der Waals surface area (Å²) in [6, 6.07) is 7.58. The summed E-state index contributed by atoms with van der Waals surface area (Å²) in [5, 5.41) is 2.57. The van der Waals surface area contributed by atoms with Crippen LogP contribution in [0.4, 0.5) is 15.8 Å². The number of ether oxygens (including phenoxy) is 1. The molecule has 0 bridgehead atoms. The number of methoxy groups -OCH3 is 1. The van der Waals surface area contributed by atoms with Crippen LogP contribution in [0.15, 0.2) is 47.4 Å². The van der Waals surface area contributed by atoms with Gasteiger partial charge in [0.25, 0.3) is 0 Å². The Morgan fingerprint density at radius 3 is 2.24 bits per heavy atom. The van der Waals surface area contributed by atoms with Gasteiger partial charge in [-0.2, -0.15) is 4.31 Å². The molecule has 0 unspecified atom stereocenters. The highest BCUT2D eigenvalue weighted by molar-refractivity contribution is 7.92. The molecule has 1 aliphatic rings. The summed E-state index contributed by atoms with van der Waals surface area (Å²) in [6.07, 6.45) is 2.49. The predicted octanol–water partition coefficient (Wildman–Crippen LogP) is 2.41. The number of anilines is 2. The molecule has 1 heterocycles. The number of hydrogen-bond acceptors (Lipinski definition) is 6. The third-order valence-corrected chi connectivity index (χ3v) is 8.44. The van der Waals surface area contributed by atoms with E-state index in [-0.39, 0.29) is 22.0 Å². The van der Waals surface area contributed by atoms with Gasteiger partial charge in [0, 0.05) is 13.1 Å². The molecule has 2 aromatic carbocycles. The van der Waals surface area contributed by atoms with Crippen molar-refractivity contribution >= 4 is 37.3 Å². The van der Waals surface area contributed by atoms with Crippen LogP contribution < -0.4 is 14.4 Å². The van der Waals surface area contributed by atoms with Gasteiger partial charge in [0.1, 0.15) is 17.6 Å². The topological polar surface area (TPSA) is 113 Å². The van der Waals surface area contributed by atoms with E-state index in [0.29, 0.717) is 13.1 Å². The van der Waals surface area contributed by atoms with Gasteiger partial charge in [-0.3, -0.25) is 9.10 Å². The van der Waals surface area contributed by atoms with E-state index >= 15 is 0 Å². The summed E-state index contributed by atoms with van der Waals surface area (Å²) >= 11 is 0. The summed E-state index contributed by atoms with van der Waals surface area (Å²) in [5.74, 6) is -1.06. The zero-order valence-electron chi connectivity index (χ0n) is 18.5. The molecule has 0 aromatic heterocycles. The summed E-state index contributed by atoms with van der Waals surface area (Å²) < 4.78 is 71.4. The zero-order chi connectivity index (χ0) is 24.4. The Hall–Kier alpha value is -2.70. The third kappa shape index (κ3) is 5.45. The lowest BCUT2D eigenvalue weighted by molar-refractivity contribution is -0.116. The Balaban J connectivity index is 1.92. The van der Waals surface area contributed by atoms with E-state index in [4.69, 9.17) is 4.74 Å². The van der Waals surface area contributed by atoms with Gasteiger partial charge in [-0.1, -0.05) is 0 Å². The minimum Gasteiger partial charge on any atom is -0.495 e. The molecule has 180 valence electrons. The molecular weight excluding hydrogens is 473 g/mol. The number of amides is 1. The second kappa shape index (κ2) is 9.65. The maximum atomic E-state index is 13.3. The number of sulfonamides is 2. The van der Waals surface area contributed by atoms with Crippen LogP contribution in [0, 0.1) is 5.82 Å². The van der Waals surface area contributed by atoms with E-state index in [1.165, 1.54) is 48.7 Å². The van der Waals surface area contributed by atoms with Crippen LogP contribution in [0.1, 0.15) is 19.8 Å². The van der Waals surface area contributed by atoms with Crippen molar-refractivity contribution in [1.82, 2.24) is 4.31 Å². The SMILES string of the molecule is COc1ccc(S(=O)(=O)N2CCCC2)cc1NC(=O)[C@@H](C)N(c1ccc(F)cc1)S(C)(=O)=O. The smallest absolute Gasteiger partial charge is 0.248 e. The van der Waals surface area contributed by atoms with Gasteiger partial charge in [-0.15, -0.1) is 0 Å². The molecule has 1 saturated heterocycles. The number of nitrogens with zero attached hydrogens (tertiary/aromatic N) is 2. The van der Waals surface area contributed by atoms with Gasteiger partial charge in [-0.05, 0) is 62.2 Å². The molecule has 1 N–H and O–H groups in total. The van der Waals surface area contributed by atoms with E-state index in [2.05, 4.69) is 5.32 Å². The molecule has 0 spiro atoms. The average molecular weight is 500 g/mol. The standard InChI is InChI=1S/C21H26FN3O6S2/c1-15(25(32(3,27)28)17-8-6-16(22)7-9-17)21(26)23-19-14-18(10-11-20(19)31-2)33(29,30)24-12-4-5-13-24/h6-11,14-15H,4-5,12-13H2,1-3H3,(H,23,26)/t15-/m1/s1. The Morgan fingerprint density at radius 2 is 1.70 bits per heavy atom. The highest BCUT2D eigenvalue weighted by Gasteiger charge is 2.31. The van der Waals surface area contributed by atoms with E-state index in [1.807, 2.05) is 0 Å². The fourth-order valence-corrected chi connectivity index (χ4v) is 6.38. The van der Waals surface area contributed by atoms with Crippen molar-refractivity contribution in [2.45, 2.75) is 30.7 Å². The van der Waals surface area contributed by atoms with Crippen molar-refractivity contribution in [3.63, 3.8) is 0 Å². The Kier molecular flexibility index (Phi) is 7.29. The van der Waals surface area contributed by atoms with Crippen molar-refractivity contribution in [2.24, 2.45) is 0 Å². The number of hydrogen-bond donors (Lipinski definition) is 1. The first-order chi connectivity index (χ1) is 15.4. The van der Waals surface area contributed by atoms with Crippen LogP contribution in [0.5, 0.6) is 5.75 Å². The molecule has 0 aliphatic carbocycles. The molecule has 2 aromatic rings. The number of carbonyl (C=O) groups excluding carboxylic acids is 1. The maximum absolute atomic E-state index is 13.3. The first-order valence-corrected chi connectivity index (χ1v) is 13.5. The fourth-order valence-electron chi connectivity index (χ4n) is 3.66. The lowest BCUT2D eigenvalue weighted by atomic mass is 10.2. The van der Waals surface area contributed by atoms with Gasteiger partial charge in [0.05, 0.1) is 29.6 Å². The molecule has 0 radical (unpaired) electrons. The molecule has 0 saturated carbocycles. The van der Waals surface area contributed by atoms with Crippen LogP contribution in [-0.2, 0) is 24.8 Å². The van der Waals surface area contributed by atoms with Crippen LogP contribution >= 0.6 is 0 Å². The van der Waals surface area contributed by atoms with Gasteiger partial charge in [-0.25, -0.2) is 21.2 Å². The van der Waals surface area contributed by atoms with E-state index in [9.17, 15) is 26.0 Å². The molecule has 1 atom stereocenters. The van der Waals surface area contributed by atoms with E-state index < -0.39 is 37.8 Å². The van der Waals surface area contributed by atoms with Crippen LogP contribution in [0.3, 0.4) is 0 Å². The van der Waals surface area contributed by atoms with E-state index in [1.54, 1.807) is 0 Å². The summed E-state index contributed by atoms with van der Waals surface area (Å²) in [5.41, 5.74) is 0.195. The van der Waals surface area contributed by atoms with Crippen molar-refractivity contribution in [3.8, 4) is 5.75 Å². The summed E-state index contributed by atoms with van der Waals surface area (Å²) in [4.78, 5) is 13.0. The molecule has 12 heteroatoms. The normalized spacial score (nSPS) is 15.8. The first kappa shape index (κ1) is 24.9. The highest BCUT2D eigenvalue weighted by Crippen LogP contribution is 2.31. The number of nitrogens with one attached hydrogen (secondary N) is 1. The summed E-state index contributed by atoms with van der Waals surface area (Å²) in [6.45, 7) is 2.22. The van der Waals surface area contributed by atoms with E-state index in [0.717, 1.165) is 35.5 Å². The highest BCUT2D eigenvalue weighted by atomic mass is 32.2. The lowest BCUT2D eigenvalue weighted by Gasteiger charge is -2.28. The third-order valence-electron chi connectivity index (χ3n) is 5.30. The molecule has 1 fully saturated rings. The predicted molar refractivity (Wildman–Crippen MR) is 123 cm³/mol. The quantitative estimate of drug-likeness (QED) is 0.597. The number of halogens is 1. The zero-order valence-corrected chi connectivity index (χ0v) is 20.1. The number of benzene rings is 2. The second-order valence-corrected chi connectivity index (χ2v) is 11.5. The van der Waals surface area contributed by atoms with Crippen molar-refractivity contribution < 1.29 is 30.8 Å². The Morgan fingerprint density at radius 1 is 1.09 bits per heavy atom. The molecule has 1 aliphatic heterocycles. The average Bonchev–Trinajstić information content (AvgIpc) is 3.30. The van der Waals surface area contributed by atoms with Crippen molar-refractivity contribution in [1.29, 1.82) is 0 Å². The lowest BCUT2D eigenvalue weighted by Crippen LogP contribution is -2.45. The Bertz CT molecular complexity index is 1230. The van der Waals surface area contributed by atoms with Gasteiger partial charge < -0.3 is 10.1 Å². The fraction of sp³-hybridized carbons (Fsp3) is 0.381.